The van der Waals surface area contributed by atoms with E-state index in [0.29, 0.717) is 0 Å². The van der Waals surface area contributed by atoms with E-state index >= 15 is 0 Å². The molecule has 0 amide bonds. The van der Waals surface area contributed by atoms with Gasteiger partial charge in [-0.25, -0.2) is 0 Å². The van der Waals surface area contributed by atoms with Crippen molar-refractivity contribution in [2.24, 2.45) is 11.8 Å². The van der Waals surface area contributed by atoms with Gasteiger partial charge in [0.05, 0.1) is 11.5 Å². The molecule has 0 aromatic rings. The maximum absolute atomic E-state index is 5.60. The van der Waals surface area contributed by atoms with Crippen molar-refractivity contribution in [1.82, 2.24) is 0 Å². The highest BCUT2D eigenvalue weighted by Gasteiger charge is 2.16. The quantitative estimate of drug-likeness (QED) is 0.643. The summed E-state index contributed by atoms with van der Waals surface area (Å²) in [5.41, 5.74) is 0. The monoisotopic (exact) mass is 261 g/mol. The molecule has 105 valence electrons. The molecule has 1 radical (unpaired) electrons. The fourth-order valence-corrected chi connectivity index (χ4v) is 2.83. The zero-order chi connectivity index (χ0) is 13.5. The van der Waals surface area contributed by atoms with Crippen LogP contribution in [0.5, 0.6) is 0 Å². The van der Waals surface area contributed by atoms with Gasteiger partial charge in [0.15, 0.2) is 0 Å². The van der Waals surface area contributed by atoms with E-state index in [9.17, 15) is 0 Å². The Hall–Kier alpha value is -0.855. The molecule has 0 aromatic carbocycles. The van der Waals surface area contributed by atoms with E-state index in [2.05, 4.69) is 26.0 Å². The molecule has 0 spiro atoms. The summed E-state index contributed by atoms with van der Waals surface area (Å²) in [4.78, 5) is 0. The molecular weight excluding hydrogens is 235 g/mol. The van der Waals surface area contributed by atoms with Gasteiger partial charge in [-0.1, -0.05) is 26.7 Å². The molecule has 0 bridgehead atoms. The van der Waals surface area contributed by atoms with E-state index in [1.54, 1.807) is 0 Å². The predicted molar refractivity (Wildman–Crippen MR) is 79.4 cm³/mol. The molecule has 0 fully saturated rings. The van der Waals surface area contributed by atoms with Crippen LogP contribution in [0.3, 0.4) is 0 Å². The lowest BCUT2D eigenvalue weighted by molar-refractivity contribution is 0.275. The number of hydrogen-bond donors (Lipinski definition) is 0. The molecule has 2 aliphatic rings. The van der Waals surface area contributed by atoms with Gasteiger partial charge in [-0.05, 0) is 49.7 Å². The first-order valence-corrected chi connectivity index (χ1v) is 7.84. The molecule has 19 heavy (non-hydrogen) atoms. The largest absolute Gasteiger partial charge is 0.657 e. The minimum Gasteiger partial charge on any atom is -0.530 e. The first-order valence-electron chi connectivity index (χ1n) is 7.84. The van der Waals surface area contributed by atoms with E-state index in [0.717, 1.165) is 49.0 Å². The van der Waals surface area contributed by atoms with Crippen LogP contribution in [0.25, 0.3) is 0 Å². The Morgan fingerprint density at radius 2 is 1.42 bits per heavy atom. The topological polar surface area (TPSA) is 18.5 Å². The minimum atomic E-state index is 0.847. The summed E-state index contributed by atoms with van der Waals surface area (Å²) in [5.74, 6) is 3.85. The van der Waals surface area contributed by atoms with Gasteiger partial charge in [-0.2, -0.15) is 0 Å². The van der Waals surface area contributed by atoms with Crippen LogP contribution in [0, 0.1) is 11.8 Å². The van der Waals surface area contributed by atoms with Crippen LogP contribution in [-0.4, -0.2) is 7.69 Å². The van der Waals surface area contributed by atoms with Gasteiger partial charge in [-0.3, -0.25) is 0 Å². The highest BCUT2D eigenvalue weighted by molar-refractivity contribution is 6.19. The zero-order valence-electron chi connectivity index (χ0n) is 12.4. The standard InChI is InChI=1S/C16H26BO2/c1-3-13-5-9-15(10-6-13)18-17-19-16-11-7-14(4-2)8-12-16/h9,11,13-14H,3-8,10,12H2,1-2H3. The SMILES string of the molecule is CCC1CC=C(O[B]OC2=CCC(CC)CC2)CC1. The van der Waals surface area contributed by atoms with Crippen molar-refractivity contribution in [3.05, 3.63) is 23.7 Å². The fourth-order valence-electron chi connectivity index (χ4n) is 2.83. The molecule has 2 nitrogen and oxygen atoms in total. The zero-order valence-corrected chi connectivity index (χ0v) is 12.4. The second kappa shape index (κ2) is 7.67. The van der Waals surface area contributed by atoms with Crippen LogP contribution in [0.1, 0.15) is 65.2 Å². The molecule has 0 aliphatic heterocycles. The fraction of sp³-hybridized carbons (Fsp3) is 0.750. The van der Waals surface area contributed by atoms with E-state index in [1.165, 1.54) is 33.4 Å². The van der Waals surface area contributed by atoms with Gasteiger partial charge >= 0.3 is 7.69 Å². The second-order valence-electron chi connectivity index (χ2n) is 5.77. The predicted octanol–water partition coefficient (Wildman–Crippen LogP) is 4.74. The Labute approximate surface area is 118 Å². The van der Waals surface area contributed by atoms with E-state index in [-0.39, 0.29) is 0 Å². The molecule has 0 saturated carbocycles. The molecule has 0 heterocycles. The third-order valence-electron chi connectivity index (χ3n) is 4.51. The Bertz CT molecular complexity index is 304. The smallest absolute Gasteiger partial charge is 0.530 e. The first kappa shape index (κ1) is 14.6. The Balaban J connectivity index is 1.65. The highest BCUT2D eigenvalue weighted by Crippen LogP contribution is 2.28. The van der Waals surface area contributed by atoms with Gasteiger partial charge < -0.3 is 9.31 Å². The van der Waals surface area contributed by atoms with Crippen molar-refractivity contribution in [3.63, 3.8) is 0 Å². The number of rotatable bonds is 6. The van der Waals surface area contributed by atoms with E-state index in [1.807, 2.05) is 0 Å². The maximum atomic E-state index is 5.60. The van der Waals surface area contributed by atoms with Crippen molar-refractivity contribution in [2.75, 3.05) is 0 Å². The van der Waals surface area contributed by atoms with Crippen molar-refractivity contribution >= 4 is 7.69 Å². The summed E-state index contributed by atoms with van der Waals surface area (Å²) in [6.07, 6.45) is 13.9. The van der Waals surface area contributed by atoms with Gasteiger partial charge in [0.25, 0.3) is 0 Å². The summed E-state index contributed by atoms with van der Waals surface area (Å²) >= 11 is 0. The van der Waals surface area contributed by atoms with Crippen LogP contribution in [0.4, 0.5) is 0 Å². The summed E-state index contributed by atoms with van der Waals surface area (Å²) in [6.45, 7) is 4.53. The second-order valence-corrected chi connectivity index (χ2v) is 5.77. The van der Waals surface area contributed by atoms with Crippen molar-refractivity contribution in [1.29, 1.82) is 0 Å². The lowest BCUT2D eigenvalue weighted by atomic mass is 9.91. The first-order chi connectivity index (χ1) is 9.31. The minimum absolute atomic E-state index is 0.847. The van der Waals surface area contributed by atoms with Gasteiger partial charge in [-0.15, -0.1) is 0 Å². The van der Waals surface area contributed by atoms with Crippen molar-refractivity contribution < 1.29 is 9.31 Å². The Morgan fingerprint density at radius 3 is 1.74 bits per heavy atom. The summed E-state index contributed by atoms with van der Waals surface area (Å²) in [6, 6.07) is 0. The molecule has 2 unspecified atom stereocenters. The van der Waals surface area contributed by atoms with Crippen LogP contribution < -0.4 is 0 Å². The molecule has 0 saturated heterocycles. The normalized spacial score (nSPS) is 27.3. The summed E-state index contributed by atoms with van der Waals surface area (Å²) in [5, 5.41) is 0. The Morgan fingerprint density at radius 1 is 0.947 bits per heavy atom. The van der Waals surface area contributed by atoms with E-state index < -0.39 is 0 Å². The number of hydrogen-bond acceptors (Lipinski definition) is 2. The summed E-state index contributed by atoms with van der Waals surface area (Å²) < 4.78 is 11.2. The molecule has 2 aliphatic carbocycles. The van der Waals surface area contributed by atoms with Gasteiger partial charge in [0, 0.05) is 12.8 Å². The van der Waals surface area contributed by atoms with Crippen molar-refractivity contribution in [3.8, 4) is 0 Å². The lowest BCUT2D eigenvalue weighted by Crippen LogP contribution is -2.12. The van der Waals surface area contributed by atoms with Gasteiger partial charge in [0.1, 0.15) is 0 Å². The highest BCUT2D eigenvalue weighted by atomic mass is 16.6. The molecule has 3 heteroatoms. The molecule has 0 aromatic heterocycles. The van der Waals surface area contributed by atoms with E-state index in [4.69, 9.17) is 9.31 Å². The maximum Gasteiger partial charge on any atom is 0.657 e. The number of allylic oxidation sites excluding steroid dienone is 4. The van der Waals surface area contributed by atoms with Crippen molar-refractivity contribution in [2.45, 2.75) is 65.2 Å². The molecule has 2 atom stereocenters. The van der Waals surface area contributed by atoms with Crippen LogP contribution in [0.15, 0.2) is 23.7 Å². The summed E-state index contributed by atoms with van der Waals surface area (Å²) in [7, 11) is 1.52. The lowest BCUT2D eigenvalue weighted by Gasteiger charge is -2.22. The third-order valence-corrected chi connectivity index (χ3v) is 4.51. The molecule has 2 rings (SSSR count). The van der Waals surface area contributed by atoms with Crippen LogP contribution in [-0.2, 0) is 9.31 Å². The molecular formula is C16H26BO2. The Kier molecular flexibility index (Phi) is 5.87. The third kappa shape index (κ3) is 4.63. The van der Waals surface area contributed by atoms with Crippen LogP contribution in [0.2, 0.25) is 0 Å². The molecule has 0 N–H and O–H groups in total. The van der Waals surface area contributed by atoms with Crippen LogP contribution >= 0.6 is 0 Å². The van der Waals surface area contributed by atoms with Gasteiger partial charge in [0.2, 0.25) is 0 Å². The average Bonchev–Trinajstić information content (AvgIpc) is 2.49. The average molecular weight is 261 g/mol.